The van der Waals surface area contributed by atoms with Crippen molar-refractivity contribution < 1.29 is 31.2 Å². The van der Waals surface area contributed by atoms with E-state index in [0.29, 0.717) is 10.1 Å². The maximum Gasteiger partial charge on any atom is 0.337 e. The summed E-state index contributed by atoms with van der Waals surface area (Å²) in [5.41, 5.74) is 1.65. The van der Waals surface area contributed by atoms with Crippen molar-refractivity contribution in [1.29, 1.82) is 0 Å². The van der Waals surface area contributed by atoms with Crippen LogP contribution in [-0.2, 0) is 30.7 Å². The Morgan fingerprint density at radius 3 is 2.12 bits per heavy atom. The third kappa shape index (κ3) is 9.41. The maximum atomic E-state index is 11.5. The van der Waals surface area contributed by atoms with Crippen LogP contribution in [0.1, 0.15) is 19.4 Å². The minimum Gasteiger partial charge on any atom is -0.726 e. The van der Waals surface area contributed by atoms with Crippen LogP contribution in [0.2, 0.25) is 0 Å². The second-order valence-electron chi connectivity index (χ2n) is 5.78. The molecule has 0 radical (unpaired) electrons. The lowest BCUT2D eigenvalue weighted by Crippen LogP contribution is -2.48. The summed E-state index contributed by atoms with van der Waals surface area (Å²) in [7, 11) is 0.486. The highest BCUT2D eigenvalue weighted by Crippen LogP contribution is 2.15. The molecule has 0 aliphatic rings. The van der Waals surface area contributed by atoms with Crippen molar-refractivity contribution in [3.05, 3.63) is 48.0 Å². The highest BCUT2D eigenvalue weighted by Gasteiger charge is 2.27. The average molecular weight is 359 g/mol. The number of carbonyl (C=O) groups is 1. The number of benzene rings is 1. The number of ether oxygens (including phenoxy) is 1. The van der Waals surface area contributed by atoms with Gasteiger partial charge in [0.1, 0.15) is 6.54 Å². The highest BCUT2D eigenvalue weighted by atomic mass is 32.3. The van der Waals surface area contributed by atoms with Crippen molar-refractivity contribution in [2.45, 2.75) is 26.6 Å². The molecule has 1 aromatic rings. The molecule has 0 amide bonds. The maximum absolute atomic E-state index is 11.5. The summed E-state index contributed by atoms with van der Waals surface area (Å²) in [6, 6.07) is 10.2. The standard InChI is InChI=1S/C15H22NO2.CH4O4S/c1-12(2)15(17)18-13(3)16(4,5)11-14-9-7-6-8-10-14;1-5-6(2,3)4/h6-10,13H,1,11H2,2-5H3;1H3,(H,2,3,4)/q+1;/p-1. The lowest BCUT2D eigenvalue weighted by molar-refractivity contribution is -0.945. The van der Waals surface area contributed by atoms with Gasteiger partial charge in [-0.2, -0.15) is 0 Å². The van der Waals surface area contributed by atoms with E-state index >= 15 is 0 Å². The molecule has 0 fully saturated rings. The summed E-state index contributed by atoms with van der Waals surface area (Å²) in [5.74, 6) is -0.332. The molecule has 24 heavy (non-hydrogen) atoms. The molecule has 0 aliphatic carbocycles. The van der Waals surface area contributed by atoms with E-state index in [0.717, 1.165) is 13.7 Å². The van der Waals surface area contributed by atoms with Gasteiger partial charge in [-0.1, -0.05) is 36.9 Å². The minimum absolute atomic E-state index is 0.214. The van der Waals surface area contributed by atoms with Crippen LogP contribution >= 0.6 is 0 Å². The molecule has 0 bridgehead atoms. The molecule has 0 heterocycles. The van der Waals surface area contributed by atoms with E-state index in [1.807, 2.05) is 39.2 Å². The molecule has 0 saturated carbocycles. The van der Waals surface area contributed by atoms with Gasteiger partial charge in [0.25, 0.3) is 0 Å². The van der Waals surface area contributed by atoms with Crippen LogP contribution in [-0.4, -0.2) is 50.9 Å². The fourth-order valence-corrected chi connectivity index (χ4v) is 1.58. The Balaban J connectivity index is 0.000000754. The van der Waals surface area contributed by atoms with E-state index in [1.54, 1.807) is 6.92 Å². The zero-order valence-corrected chi connectivity index (χ0v) is 15.5. The number of hydrogen-bond donors (Lipinski definition) is 0. The molecular weight excluding hydrogens is 334 g/mol. The lowest BCUT2D eigenvalue weighted by atomic mass is 10.2. The molecule has 8 heteroatoms. The van der Waals surface area contributed by atoms with Crippen LogP contribution in [0.3, 0.4) is 0 Å². The Bertz CT molecular complexity index is 640. The zero-order valence-electron chi connectivity index (χ0n) is 14.7. The van der Waals surface area contributed by atoms with Crippen molar-refractivity contribution in [3.8, 4) is 0 Å². The van der Waals surface area contributed by atoms with Crippen molar-refractivity contribution in [2.24, 2.45) is 0 Å². The van der Waals surface area contributed by atoms with E-state index < -0.39 is 10.4 Å². The molecule has 136 valence electrons. The molecule has 0 spiro atoms. The predicted octanol–water partition coefficient (Wildman–Crippen LogP) is 1.82. The van der Waals surface area contributed by atoms with Gasteiger partial charge in [-0.25, -0.2) is 13.2 Å². The molecule has 0 aliphatic heterocycles. The van der Waals surface area contributed by atoms with Gasteiger partial charge in [-0.15, -0.1) is 0 Å². The number of nitrogens with zero attached hydrogens (tertiary/aromatic N) is 1. The van der Waals surface area contributed by atoms with E-state index in [4.69, 9.17) is 4.74 Å². The third-order valence-corrected chi connectivity index (χ3v) is 3.66. The van der Waals surface area contributed by atoms with Gasteiger partial charge in [-0.3, -0.25) is 8.67 Å². The van der Waals surface area contributed by atoms with Crippen LogP contribution in [0.25, 0.3) is 0 Å². The Labute approximate surface area is 144 Å². The zero-order chi connectivity index (χ0) is 19.0. The summed E-state index contributed by atoms with van der Waals surface area (Å²) in [5, 5.41) is 0. The Hall–Kier alpha value is -1.74. The molecule has 0 aromatic heterocycles. The smallest absolute Gasteiger partial charge is 0.337 e. The molecule has 1 atom stereocenters. The highest BCUT2D eigenvalue weighted by molar-refractivity contribution is 7.80. The molecule has 1 rings (SSSR count). The molecule has 0 N–H and O–H groups in total. The topological polar surface area (TPSA) is 92.7 Å². The molecule has 1 aromatic carbocycles. The average Bonchev–Trinajstić information content (AvgIpc) is 2.47. The van der Waals surface area contributed by atoms with Gasteiger partial charge in [0.2, 0.25) is 16.6 Å². The van der Waals surface area contributed by atoms with Crippen molar-refractivity contribution >= 4 is 16.4 Å². The fraction of sp³-hybridized carbons (Fsp3) is 0.438. The summed E-state index contributed by atoms with van der Waals surface area (Å²) in [6.45, 7) is 7.97. The number of quaternary nitrogens is 1. The fourth-order valence-electron chi connectivity index (χ4n) is 1.58. The lowest BCUT2D eigenvalue weighted by Gasteiger charge is -2.35. The quantitative estimate of drug-likeness (QED) is 0.192. The predicted molar refractivity (Wildman–Crippen MR) is 89.3 cm³/mol. The van der Waals surface area contributed by atoms with Gasteiger partial charge in [0, 0.05) is 18.1 Å². The molecular formula is C16H25NO6S. The Morgan fingerprint density at radius 2 is 1.75 bits per heavy atom. The second kappa shape index (κ2) is 9.53. The number of rotatable bonds is 6. The van der Waals surface area contributed by atoms with E-state index in [1.165, 1.54) is 5.56 Å². The van der Waals surface area contributed by atoms with E-state index in [2.05, 4.69) is 22.9 Å². The summed E-state index contributed by atoms with van der Waals surface area (Å²) >= 11 is 0. The largest absolute Gasteiger partial charge is 0.726 e. The summed E-state index contributed by atoms with van der Waals surface area (Å²) < 4.78 is 37.0. The summed E-state index contributed by atoms with van der Waals surface area (Å²) in [4.78, 5) is 11.5. The van der Waals surface area contributed by atoms with E-state index in [-0.39, 0.29) is 12.2 Å². The van der Waals surface area contributed by atoms with E-state index in [9.17, 15) is 17.8 Å². The third-order valence-electron chi connectivity index (χ3n) is 3.25. The van der Waals surface area contributed by atoms with Crippen LogP contribution in [0.5, 0.6) is 0 Å². The first kappa shape index (κ1) is 22.3. The van der Waals surface area contributed by atoms with Gasteiger partial charge in [-0.05, 0) is 6.92 Å². The number of hydrogen-bond acceptors (Lipinski definition) is 6. The second-order valence-corrected chi connectivity index (χ2v) is 6.93. The van der Waals surface area contributed by atoms with Gasteiger partial charge >= 0.3 is 5.97 Å². The first-order valence-corrected chi connectivity index (χ1v) is 8.47. The summed E-state index contributed by atoms with van der Waals surface area (Å²) in [6.07, 6.45) is -0.214. The molecule has 7 nitrogen and oxygen atoms in total. The normalized spacial score (nSPS) is 12.6. The van der Waals surface area contributed by atoms with Crippen molar-refractivity contribution in [3.63, 3.8) is 0 Å². The Morgan fingerprint density at radius 1 is 1.29 bits per heavy atom. The molecule has 0 saturated heterocycles. The number of carbonyl (C=O) groups excluding carboxylic acids is 1. The first-order valence-electron chi connectivity index (χ1n) is 7.13. The number of esters is 1. The van der Waals surface area contributed by atoms with Gasteiger partial charge in [0.05, 0.1) is 21.2 Å². The van der Waals surface area contributed by atoms with Crippen molar-refractivity contribution in [1.82, 2.24) is 0 Å². The minimum atomic E-state index is -4.41. The SMILES string of the molecule is C=C(C)C(=O)OC(C)[N+](C)(C)Cc1ccccc1.COS(=O)(=O)[O-]. The van der Waals surface area contributed by atoms with Crippen LogP contribution in [0.15, 0.2) is 42.5 Å². The monoisotopic (exact) mass is 359 g/mol. The van der Waals surface area contributed by atoms with Gasteiger partial charge < -0.3 is 9.29 Å². The van der Waals surface area contributed by atoms with Crippen LogP contribution < -0.4 is 0 Å². The van der Waals surface area contributed by atoms with Crippen molar-refractivity contribution in [2.75, 3.05) is 21.2 Å². The first-order chi connectivity index (χ1) is 10.9. The van der Waals surface area contributed by atoms with Gasteiger partial charge in [0.15, 0.2) is 0 Å². The molecule has 1 unspecified atom stereocenters. The Kier molecular flexibility index (Phi) is 8.84. The van der Waals surface area contributed by atoms with Crippen LogP contribution in [0, 0.1) is 0 Å². The van der Waals surface area contributed by atoms with Crippen LogP contribution in [0.4, 0.5) is 0 Å².